The topological polar surface area (TPSA) is 29.1 Å². The van der Waals surface area contributed by atoms with E-state index in [1.165, 1.54) is 5.57 Å². The molecule has 0 aliphatic heterocycles. The van der Waals surface area contributed by atoms with E-state index in [0.29, 0.717) is 18.6 Å². The number of likely N-dealkylation sites (N-methyl/N-ethyl adjacent to an activating group) is 1. The van der Waals surface area contributed by atoms with Gasteiger partial charge >= 0.3 is 0 Å². The van der Waals surface area contributed by atoms with Gasteiger partial charge < -0.3 is 5.32 Å². The first kappa shape index (κ1) is 13.9. The number of carbonyl (C=O) groups is 1. The molecule has 94 valence electrons. The van der Waals surface area contributed by atoms with Crippen LogP contribution in [0.5, 0.6) is 0 Å². The number of carbonyl (C=O) groups excluding carboxylic acids is 1. The van der Waals surface area contributed by atoms with Gasteiger partial charge in [0.1, 0.15) is 5.78 Å². The van der Waals surface area contributed by atoms with Crippen LogP contribution in [0, 0.1) is 0 Å². The number of allylic oxidation sites excluding steroid dienone is 3. The quantitative estimate of drug-likeness (QED) is 0.739. The highest BCUT2D eigenvalue weighted by Gasteiger charge is 2.35. The fourth-order valence-corrected chi connectivity index (χ4v) is 2.39. The van der Waals surface area contributed by atoms with Gasteiger partial charge in [-0.3, -0.25) is 4.79 Å². The average molecular weight is 233 g/mol. The second kappa shape index (κ2) is 6.55. The van der Waals surface area contributed by atoms with Crippen molar-refractivity contribution in [3.05, 3.63) is 36.5 Å². The Morgan fingerprint density at radius 1 is 1.47 bits per heavy atom. The Balaban J connectivity index is 2.95. The number of hydrogen-bond acceptors (Lipinski definition) is 2. The highest BCUT2D eigenvalue weighted by Crippen LogP contribution is 2.33. The van der Waals surface area contributed by atoms with E-state index >= 15 is 0 Å². The summed E-state index contributed by atoms with van der Waals surface area (Å²) in [5.74, 6) is 0.383. The summed E-state index contributed by atoms with van der Waals surface area (Å²) >= 11 is 0. The molecule has 2 nitrogen and oxygen atoms in total. The van der Waals surface area contributed by atoms with Crippen molar-refractivity contribution < 1.29 is 4.79 Å². The maximum Gasteiger partial charge on any atom is 0.133 e. The highest BCUT2D eigenvalue weighted by atomic mass is 16.1. The molecule has 0 aromatic carbocycles. The molecule has 0 heterocycles. The number of nitrogens with one attached hydrogen (secondary N) is 1. The van der Waals surface area contributed by atoms with E-state index in [2.05, 4.69) is 37.0 Å². The molecule has 1 aliphatic rings. The molecule has 0 amide bonds. The predicted octanol–water partition coefficient (Wildman–Crippen LogP) is 3.17. The van der Waals surface area contributed by atoms with Gasteiger partial charge in [0.05, 0.1) is 0 Å². The number of Topliss-reactive ketones (excluding diaryl/α,β-unsaturated/α-hetero) is 1. The van der Waals surface area contributed by atoms with Crippen LogP contribution < -0.4 is 5.32 Å². The fourth-order valence-electron chi connectivity index (χ4n) is 2.39. The lowest BCUT2D eigenvalue weighted by Crippen LogP contribution is -2.47. The van der Waals surface area contributed by atoms with Crippen LogP contribution in [-0.4, -0.2) is 18.4 Å². The average Bonchev–Trinajstić information content (AvgIpc) is 2.36. The van der Waals surface area contributed by atoms with Gasteiger partial charge in [0.2, 0.25) is 0 Å². The molecule has 1 rings (SSSR count). The smallest absolute Gasteiger partial charge is 0.133 e. The summed E-state index contributed by atoms with van der Waals surface area (Å²) in [6, 6.07) is 0. The molecular weight excluding hydrogens is 210 g/mol. The second-order valence-electron chi connectivity index (χ2n) is 4.54. The van der Waals surface area contributed by atoms with Crippen LogP contribution in [0.25, 0.3) is 0 Å². The van der Waals surface area contributed by atoms with Gasteiger partial charge in [0.25, 0.3) is 0 Å². The van der Waals surface area contributed by atoms with E-state index in [-0.39, 0.29) is 5.54 Å². The normalized spacial score (nSPS) is 20.8. The first-order chi connectivity index (χ1) is 8.18. The molecule has 1 saturated carbocycles. The number of ketones is 1. The minimum atomic E-state index is -0.0478. The van der Waals surface area contributed by atoms with Crippen LogP contribution in [0.1, 0.15) is 39.0 Å². The molecule has 0 saturated heterocycles. The third kappa shape index (κ3) is 3.40. The summed E-state index contributed by atoms with van der Waals surface area (Å²) in [6.07, 6.45) is 12.3. The summed E-state index contributed by atoms with van der Waals surface area (Å²) in [5, 5.41) is 3.41. The minimum absolute atomic E-state index is 0.0478. The molecule has 1 fully saturated rings. The summed E-state index contributed by atoms with van der Waals surface area (Å²) in [6.45, 7) is 5.90. The van der Waals surface area contributed by atoms with Crippen LogP contribution in [0.15, 0.2) is 36.5 Å². The van der Waals surface area contributed by atoms with Gasteiger partial charge in [-0.05, 0) is 31.9 Å². The molecule has 0 atom stereocenters. The van der Waals surface area contributed by atoms with E-state index in [4.69, 9.17) is 0 Å². The van der Waals surface area contributed by atoms with Gasteiger partial charge in [-0.15, -0.1) is 0 Å². The molecule has 2 heteroatoms. The van der Waals surface area contributed by atoms with Gasteiger partial charge in [-0.1, -0.05) is 37.8 Å². The lowest BCUT2D eigenvalue weighted by molar-refractivity contribution is -0.121. The molecule has 0 aromatic heterocycles. The SMILES string of the molecule is C=C/C=C(\C=C/CC)C1(NC)CCC(=O)CC1. The van der Waals surface area contributed by atoms with Crippen molar-refractivity contribution in [2.24, 2.45) is 0 Å². The summed E-state index contributed by atoms with van der Waals surface area (Å²) in [4.78, 5) is 11.4. The van der Waals surface area contributed by atoms with Crippen molar-refractivity contribution in [3.8, 4) is 0 Å². The maximum absolute atomic E-state index is 11.4. The lowest BCUT2D eigenvalue weighted by atomic mass is 9.75. The van der Waals surface area contributed by atoms with Gasteiger partial charge in [-0.25, -0.2) is 0 Å². The maximum atomic E-state index is 11.4. The standard InChI is InChI=1S/C15H23NO/c1-4-6-8-13(7-5-2)15(16-3)11-9-14(17)10-12-15/h5-8,16H,2,4,9-12H2,1,3H3/b8-6-,13-7+. The van der Waals surface area contributed by atoms with E-state index in [1.807, 2.05) is 13.1 Å². The van der Waals surface area contributed by atoms with Crippen LogP contribution >= 0.6 is 0 Å². The molecule has 0 unspecified atom stereocenters. The van der Waals surface area contributed by atoms with Crippen molar-refractivity contribution in [1.82, 2.24) is 5.32 Å². The van der Waals surface area contributed by atoms with E-state index < -0.39 is 0 Å². The Hall–Kier alpha value is -1.15. The lowest BCUT2D eigenvalue weighted by Gasteiger charge is -2.38. The Kier molecular flexibility index (Phi) is 5.36. The van der Waals surface area contributed by atoms with Crippen molar-refractivity contribution in [3.63, 3.8) is 0 Å². The van der Waals surface area contributed by atoms with Gasteiger partial charge in [0.15, 0.2) is 0 Å². The van der Waals surface area contributed by atoms with Crippen molar-refractivity contribution in [2.45, 2.75) is 44.6 Å². The van der Waals surface area contributed by atoms with Crippen molar-refractivity contribution in [2.75, 3.05) is 7.05 Å². The Morgan fingerprint density at radius 2 is 2.12 bits per heavy atom. The van der Waals surface area contributed by atoms with Crippen LogP contribution in [0.4, 0.5) is 0 Å². The third-order valence-corrected chi connectivity index (χ3v) is 3.52. The van der Waals surface area contributed by atoms with Crippen LogP contribution in [0.2, 0.25) is 0 Å². The minimum Gasteiger partial charge on any atom is -0.310 e. The molecule has 0 radical (unpaired) electrons. The zero-order valence-corrected chi connectivity index (χ0v) is 11.0. The van der Waals surface area contributed by atoms with E-state index in [0.717, 1.165) is 19.3 Å². The van der Waals surface area contributed by atoms with Crippen molar-refractivity contribution >= 4 is 5.78 Å². The van der Waals surface area contributed by atoms with Gasteiger partial charge in [0, 0.05) is 18.4 Å². The molecule has 0 spiro atoms. The van der Waals surface area contributed by atoms with E-state index in [9.17, 15) is 4.79 Å². The molecule has 0 bridgehead atoms. The Bertz CT molecular complexity index is 329. The van der Waals surface area contributed by atoms with Crippen LogP contribution in [0.3, 0.4) is 0 Å². The molecule has 1 N–H and O–H groups in total. The first-order valence-corrected chi connectivity index (χ1v) is 6.39. The number of hydrogen-bond donors (Lipinski definition) is 1. The molecule has 17 heavy (non-hydrogen) atoms. The largest absolute Gasteiger partial charge is 0.310 e. The molecular formula is C15H23NO. The highest BCUT2D eigenvalue weighted by molar-refractivity contribution is 5.79. The zero-order chi connectivity index (χ0) is 12.7. The summed E-state index contributed by atoms with van der Waals surface area (Å²) in [7, 11) is 1.98. The summed E-state index contributed by atoms with van der Waals surface area (Å²) < 4.78 is 0. The van der Waals surface area contributed by atoms with Gasteiger partial charge in [-0.2, -0.15) is 0 Å². The monoisotopic (exact) mass is 233 g/mol. The van der Waals surface area contributed by atoms with Crippen LogP contribution in [-0.2, 0) is 4.79 Å². The van der Waals surface area contributed by atoms with Crippen molar-refractivity contribution in [1.29, 1.82) is 0 Å². The summed E-state index contributed by atoms with van der Waals surface area (Å²) in [5.41, 5.74) is 1.19. The molecule has 0 aromatic rings. The molecule has 1 aliphatic carbocycles. The second-order valence-corrected chi connectivity index (χ2v) is 4.54. The van der Waals surface area contributed by atoms with E-state index in [1.54, 1.807) is 0 Å². The predicted molar refractivity (Wildman–Crippen MR) is 73.0 cm³/mol. The fraction of sp³-hybridized carbons (Fsp3) is 0.533. The Morgan fingerprint density at radius 3 is 2.59 bits per heavy atom. The first-order valence-electron chi connectivity index (χ1n) is 6.39. The third-order valence-electron chi connectivity index (χ3n) is 3.52. The number of rotatable bonds is 5. The zero-order valence-electron chi connectivity index (χ0n) is 11.0. The Labute approximate surface area is 104 Å².